The van der Waals surface area contributed by atoms with Crippen LogP contribution in [0.5, 0.6) is 0 Å². The van der Waals surface area contributed by atoms with Crippen LogP contribution in [0.25, 0.3) is 33.5 Å². The molecule has 168 valence electrons. The van der Waals surface area contributed by atoms with E-state index in [0.29, 0.717) is 33.6 Å². The predicted octanol–water partition coefficient (Wildman–Crippen LogP) is 6.05. The van der Waals surface area contributed by atoms with Gasteiger partial charge >= 0.3 is 6.18 Å². The highest BCUT2D eigenvalue weighted by atomic mass is 32.2. The molecule has 0 aliphatic carbocycles. The summed E-state index contributed by atoms with van der Waals surface area (Å²) in [6.07, 6.45) is -3.33. The summed E-state index contributed by atoms with van der Waals surface area (Å²) in [5.74, 6) is 0. The summed E-state index contributed by atoms with van der Waals surface area (Å²) >= 11 is 0. The highest BCUT2D eigenvalue weighted by molar-refractivity contribution is 7.85. The van der Waals surface area contributed by atoms with Crippen molar-refractivity contribution in [3.8, 4) is 33.5 Å². The average Bonchev–Trinajstić information content (AvgIpc) is 2.78. The maximum atomic E-state index is 12.8. The molecule has 2 aromatic heterocycles. The lowest BCUT2D eigenvalue weighted by Gasteiger charge is -2.11. The topological polar surface area (TPSA) is 80.2 Å². The minimum absolute atomic E-state index is 0.212. The SMILES string of the molecule is Cc1cc(-c2ccc(C(F)(F)F)nc2)cc(-c2cccc(-c3cccc(S(=O)(=O)O)c3)c2)n1. The van der Waals surface area contributed by atoms with Crippen LogP contribution in [0.15, 0.2) is 83.9 Å². The lowest BCUT2D eigenvalue weighted by molar-refractivity contribution is -0.141. The number of aryl methyl sites for hydroxylation is 1. The molecule has 0 fully saturated rings. The molecule has 4 aromatic rings. The van der Waals surface area contributed by atoms with Crippen molar-refractivity contribution < 1.29 is 26.1 Å². The van der Waals surface area contributed by atoms with Gasteiger partial charge in [-0.1, -0.05) is 36.4 Å². The first-order valence-corrected chi connectivity index (χ1v) is 11.2. The van der Waals surface area contributed by atoms with Crippen molar-refractivity contribution in [1.29, 1.82) is 0 Å². The first kappa shape index (κ1) is 22.6. The molecule has 0 radical (unpaired) electrons. The molecule has 0 aliphatic rings. The fourth-order valence-electron chi connectivity index (χ4n) is 3.41. The number of aromatic nitrogens is 2. The quantitative estimate of drug-likeness (QED) is 0.367. The number of alkyl halides is 3. The van der Waals surface area contributed by atoms with Gasteiger partial charge in [0.25, 0.3) is 10.1 Å². The van der Waals surface area contributed by atoms with Crippen LogP contribution < -0.4 is 0 Å². The van der Waals surface area contributed by atoms with E-state index in [1.165, 1.54) is 30.5 Å². The van der Waals surface area contributed by atoms with Gasteiger partial charge in [-0.3, -0.25) is 14.5 Å². The van der Waals surface area contributed by atoms with Crippen molar-refractivity contribution in [1.82, 2.24) is 9.97 Å². The van der Waals surface area contributed by atoms with Gasteiger partial charge in [-0.15, -0.1) is 0 Å². The molecular weight excluding hydrogens is 453 g/mol. The summed E-state index contributed by atoms with van der Waals surface area (Å²) in [5, 5.41) is 0. The van der Waals surface area contributed by atoms with Crippen LogP contribution in [0.1, 0.15) is 11.4 Å². The van der Waals surface area contributed by atoms with Gasteiger partial charge < -0.3 is 0 Å². The normalized spacial score (nSPS) is 12.0. The molecule has 4 rings (SSSR count). The van der Waals surface area contributed by atoms with E-state index in [0.717, 1.165) is 11.6 Å². The number of benzene rings is 2. The molecule has 0 saturated heterocycles. The van der Waals surface area contributed by atoms with Gasteiger partial charge in [0.2, 0.25) is 0 Å². The third-order valence-electron chi connectivity index (χ3n) is 4.96. The van der Waals surface area contributed by atoms with Gasteiger partial charge in [0.15, 0.2) is 0 Å². The van der Waals surface area contributed by atoms with Crippen LogP contribution >= 0.6 is 0 Å². The third-order valence-corrected chi connectivity index (χ3v) is 5.81. The van der Waals surface area contributed by atoms with Crippen LogP contribution in [0.2, 0.25) is 0 Å². The molecule has 0 aliphatic heterocycles. The maximum Gasteiger partial charge on any atom is 0.433 e. The summed E-state index contributed by atoms with van der Waals surface area (Å²) in [6, 6.07) is 19.0. The zero-order valence-corrected chi connectivity index (χ0v) is 18.0. The fraction of sp³-hybridized carbons (Fsp3) is 0.0833. The molecule has 1 N–H and O–H groups in total. The summed E-state index contributed by atoms with van der Waals surface area (Å²) in [7, 11) is -4.34. The Morgan fingerprint density at radius 1 is 0.788 bits per heavy atom. The molecule has 5 nitrogen and oxygen atoms in total. The number of hydrogen-bond acceptors (Lipinski definition) is 4. The Bertz CT molecular complexity index is 1430. The molecule has 0 bridgehead atoms. The van der Waals surface area contributed by atoms with Crippen LogP contribution in [0.4, 0.5) is 13.2 Å². The van der Waals surface area contributed by atoms with E-state index < -0.39 is 22.0 Å². The van der Waals surface area contributed by atoms with Crippen LogP contribution in [0, 0.1) is 6.92 Å². The molecule has 0 unspecified atom stereocenters. The molecule has 2 aromatic carbocycles. The lowest BCUT2D eigenvalue weighted by Crippen LogP contribution is -2.07. The number of pyridine rings is 2. The van der Waals surface area contributed by atoms with E-state index in [2.05, 4.69) is 9.97 Å². The Hall–Kier alpha value is -3.56. The van der Waals surface area contributed by atoms with Gasteiger partial charge in [0, 0.05) is 23.0 Å². The van der Waals surface area contributed by atoms with E-state index in [-0.39, 0.29) is 4.90 Å². The molecule has 9 heteroatoms. The molecule has 0 atom stereocenters. The molecule has 2 heterocycles. The van der Waals surface area contributed by atoms with Crippen molar-refractivity contribution in [3.05, 3.63) is 90.4 Å². The first-order valence-electron chi connectivity index (χ1n) is 9.71. The van der Waals surface area contributed by atoms with E-state index in [1.807, 2.05) is 12.1 Å². The molecular formula is C24H17F3N2O3S. The van der Waals surface area contributed by atoms with Crippen molar-refractivity contribution in [3.63, 3.8) is 0 Å². The number of halogens is 3. The van der Waals surface area contributed by atoms with Gasteiger partial charge in [0.05, 0.1) is 10.6 Å². The van der Waals surface area contributed by atoms with E-state index >= 15 is 0 Å². The predicted molar refractivity (Wildman–Crippen MR) is 118 cm³/mol. The fourth-order valence-corrected chi connectivity index (χ4v) is 3.94. The van der Waals surface area contributed by atoms with Gasteiger partial charge in [-0.05, 0) is 60.0 Å². The second-order valence-electron chi connectivity index (χ2n) is 7.40. The second-order valence-corrected chi connectivity index (χ2v) is 8.82. The van der Waals surface area contributed by atoms with Crippen LogP contribution in [-0.2, 0) is 16.3 Å². The Morgan fingerprint density at radius 2 is 1.45 bits per heavy atom. The molecule has 0 amide bonds. The number of nitrogens with zero attached hydrogens (tertiary/aromatic N) is 2. The van der Waals surface area contributed by atoms with Gasteiger partial charge in [-0.2, -0.15) is 21.6 Å². The van der Waals surface area contributed by atoms with E-state index in [1.54, 1.807) is 37.3 Å². The van der Waals surface area contributed by atoms with Crippen LogP contribution in [-0.4, -0.2) is 22.9 Å². The molecule has 0 saturated carbocycles. The number of rotatable bonds is 4. The Morgan fingerprint density at radius 3 is 2.09 bits per heavy atom. The maximum absolute atomic E-state index is 12.8. The largest absolute Gasteiger partial charge is 0.433 e. The Labute approximate surface area is 188 Å². The summed E-state index contributed by atoms with van der Waals surface area (Å²) in [5.41, 5.74) is 3.51. The highest BCUT2D eigenvalue weighted by Gasteiger charge is 2.32. The monoisotopic (exact) mass is 470 g/mol. The van der Waals surface area contributed by atoms with E-state index in [9.17, 15) is 26.1 Å². The van der Waals surface area contributed by atoms with Crippen LogP contribution in [0.3, 0.4) is 0 Å². The standard InChI is InChI=1S/C24H17F3N2O3S/c1-15-10-20(19-8-9-23(28-14-19)24(25,26)27)13-22(29-15)18-6-2-4-16(11-18)17-5-3-7-21(12-17)33(30,31)32/h2-14H,1H3,(H,30,31,32). The molecule has 33 heavy (non-hydrogen) atoms. The van der Waals surface area contributed by atoms with Crippen molar-refractivity contribution in [2.24, 2.45) is 0 Å². The van der Waals surface area contributed by atoms with E-state index in [4.69, 9.17) is 0 Å². The van der Waals surface area contributed by atoms with Gasteiger partial charge in [0.1, 0.15) is 5.69 Å². The van der Waals surface area contributed by atoms with Gasteiger partial charge in [-0.25, -0.2) is 0 Å². The van der Waals surface area contributed by atoms with Crippen molar-refractivity contribution in [2.75, 3.05) is 0 Å². The summed E-state index contributed by atoms with van der Waals surface area (Å²) < 4.78 is 70.7. The lowest BCUT2D eigenvalue weighted by atomic mass is 9.99. The highest BCUT2D eigenvalue weighted by Crippen LogP contribution is 2.32. The number of hydrogen-bond donors (Lipinski definition) is 1. The Kier molecular flexibility index (Phi) is 5.77. The third kappa shape index (κ3) is 5.10. The smallest absolute Gasteiger partial charge is 0.282 e. The average molecular weight is 470 g/mol. The van der Waals surface area contributed by atoms with Crippen molar-refractivity contribution >= 4 is 10.1 Å². The minimum Gasteiger partial charge on any atom is -0.282 e. The zero-order valence-electron chi connectivity index (χ0n) is 17.2. The summed E-state index contributed by atoms with van der Waals surface area (Å²) in [4.78, 5) is 7.86. The summed E-state index contributed by atoms with van der Waals surface area (Å²) in [6.45, 7) is 1.78. The Balaban J connectivity index is 1.73. The van der Waals surface area contributed by atoms with Crippen molar-refractivity contribution in [2.45, 2.75) is 18.0 Å². The minimum atomic E-state index is -4.51. The second kappa shape index (κ2) is 8.42. The first-order chi connectivity index (χ1) is 15.5. The molecule has 0 spiro atoms. The zero-order chi connectivity index (χ0) is 23.8.